The molecule has 36 heavy (non-hydrogen) atoms. The molecule has 3 fully saturated rings. The molecule has 9 nitrogen and oxygen atoms in total. The zero-order chi connectivity index (χ0) is 25.6. The smallest absolute Gasteiger partial charge is 0.248 e. The maximum atomic E-state index is 13.8. The van der Waals surface area contributed by atoms with Gasteiger partial charge in [-0.3, -0.25) is 9.59 Å². The predicted molar refractivity (Wildman–Crippen MR) is 134 cm³/mol. The van der Waals surface area contributed by atoms with Crippen LogP contribution < -0.4 is 10.1 Å². The first-order valence-corrected chi connectivity index (χ1v) is 13.0. The molecule has 2 aliphatic carbocycles. The van der Waals surface area contributed by atoms with E-state index in [1.807, 2.05) is 39.1 Å². The molecule has 194 valence electrons. The van der Waals surface area contributed by atoms with Crippen LogP contribution in [-0.2, 0) is 9.59 Å². The lowest BCUT2D eigenvalue weighted by Gasteiger charge is -2.38. The van der Waals surface area contributed by atoms with Crippen LogP contribution in [0.4, 0.5) is 0 Å². The van der Waals surface area contributed by atoms with Crippen molar-refractivity contribution < 1.29 is 19.4 Å². The molecular formula is C27H37N5O4. The fraction of sp³-hybridized carbons (Fsp3) is 0.630. The lowest BCUT2D eigenvalue weighted by Crippen LogP contribution is -2.53. The van der Waals surface area contributed by atoms with Gasteiger partial charge in [-0.2, -0.15) is 0 Å². The number of β-amino-alcohol motifs (C(OH)–C–C–N with tert-alkyl or cyclic N) is 1. The van der Waals surface area contributed by atoms with Gasteiger partial charge in [-0.15, -0.1) is 5.10 Å². The molecule has 1 saturated heterocycles. The van der Waals surface area contributed by atoms with Crippen LogP contribution in [0.15, 0.2) is 30.5 Å². The third-order valence-electron chi connectivity index (χ3n) is 7.78. The van der Waals surface area contributed by atoms with Crippen LogP contribution in [-0.4, -0.2) is 68.7 Å². The zero-order valence-electron chi connectivity index (χ0n) is 21.6. The number of methoxy groups -OCH3 is 1. The molecule has 2 saturated carbocycles. The van der Waals surface area contributed by atoms with E-state index in [9.17, 15) is 14.7 Å². The predicted octanol–water partition coefficient (Wildman–Crippen LogP) is 2.78. The Kier molecular flexibility index (Phi) is 6.53. The number of aromatic nitrogens is 3. The maximum Gasteiger partial charge on any atom is 0.248 e. The Bertz CT molecular complexity index is 1100. The number of aliphatic hydroxyl groups is 1. The second-order valence-corrected chi connectivity index (χ2v) is 11.7. The van der Waals surface area contributed by atoms with Gasteiger partial charge in [-0.05, 0) is 54.7 Å². The molecule has 2 N–H and O–H groups in total. The van der Waals surface area contributed by atoms with E-state index < -0.39 is 23.6 Å². The fourth-order valence-corrected chi connectivity index (χ4v) is 5.51. The molecule has 3 atom stereocenters. The van der Waals surface area contributed by atoms with Gasteiger partial charge < -0.3 is 20.1 Å². The first-order chi connectivity index (χ1) is 17.1. The number of aliphatic hydroxyl groups excluding tert-OH is 1. The molecule has 0 spiro atoms. The van der Waals surface area contributed by atoms with Crippen LogP contribution in [0.3, 0.4) is 0 Å². The van der Waals surface area contributed by atoms with Crippen LogP contribution in [0.5, 0.6) is 5.75 Å². The average molecular weight is 496 g/mol. The van der Waals surface area contributed by atoms with Crippen molar-refractivity contribution in [3.63, 3.8) is 0 Å². The van der Waals surface area contributed by atoms with Crippen molar-refractivity contribution in [1.82, 2.24) is 25.2 Å². The number of rotatable bonds is 7. The third kappa shape index (κ3) is 4.98. The minimum absolute atomic E-state index is 0.0640. The largest absolute Gasteiger partial charge is 0.497 e. The average Bonchev–Trinajstić information content (AvgIpc) is 3.42. The lowest BCUT2D eigenvalue weighted by atomic mass is 9.76. The standard InChI is InChI=1S/C27H37N5O4/c1-27(2,3)24(32-15-22(29-30-32)17-5-6-17)26(35)31-14-20(33)13-23(31)25(34)28-19-11-18(12-19)16-7-9-21(36-4)10-8-16/h7-10,15,17-20,23-24,33H,5-6,11-14H2,1-4H3,(H,28,34)/t18-,19+,20-,23+,24-/m1/s1. The van der Waals surface area contributed by atoms with Gasteiger partial charge in [-0.25, -0.2) is 4.68 Å². The fourth-order valence-electron chi connectivity index (χ4n) is 5.51. The summed E-state index contributed by atoms with van der Waals surface area (Å²) in [6, 6.07) is 6.82. The Balaban J connectivity index is 1.24. The number of carbonyl (C=O) groups is 2. The van der Waals surface area contributed by atoms with E-state index in [2.05, 4.69) is 27.8 Å². The molecule has 5 rings (SSSR count). The summed E-state index contributed by atoms with van der Waals surface area (Å²) in [5.41, 5.74) is 1.71. The van der Waals surface area contributed by atoms with Gasteiger partial charge in [0.2, 0.25) is 11.8 Å². The Morgan fingerprint density at radius 3 is 2.42 bits per heavy atom. The molecule has 1 aromatic heterocycles. The molecule has 0 radical (unpaired) electrons. The van der Waals surface area contributed by atoms with Crippen molar-refractivity contribution in [2.24, 2.45) is 5.41 Å². The number of hydrogen-bond acceptors (Lipinski definition) is 6. The van der Waals surface area contributed by atoms with Crippen molar-refractivity contribution in [2.75, 3.05) is 13.7 Å². The van der Waals surface area contributed by atoms with Crippen molar-refractivity contribution in [3.8, 4) is 5.75 Å². The summed E-state index contributed by atoms with van der Waals surface area (Å²) in [7, 11) is 1.65. The maximum absolute atomic E-state index is 13.8. The van der Waals surface area contributed by atoms with Crippen LogP contribution in [0.2, 0.25) is 0 Å². The number of amides is 2. The second-order valence-electron chi connectivity index (χ2n) is 11.7. The minimum atomic E-state index is -0.725. The number of likely N-dealkylation sites (tertiary alicyclic amines) is 1. The number of hydrogen-bond donors (Lipinski definition) is 2. The topological polar surface area (TPSA) is 110 Å². The van der Waals surface area contributed by atoms with Crippen LogP contribution in [0, 0.1) is 5.41 Å². The lowest BCUT2D eigenvalue weighted by molar-refractivity contribution is -0.144. The molecule has 2 aromatic rings. The number of benzene rings is 1. The third-order valence-corrected chi connectivity index (χ3v) is 7.78. The monoisotopic (exact) mass is 495 g/mol. The second kappa shape index (κ2) is 9.50. The van der Waals surface area contributed by atoms with Gasteiger partial charge in [-0.1, -0.05) is 38.1 Å². The summed E-state index contributed by atoms with van der Waals surface area (Å²) < 4.78 is 6.88. The number of nitrogens with zero attached hydrogens (tertiary/aromatic N) is 4. The molecule has 0 unspecified atom stereocenters. The normalized spacial score (nSPS) is 26.9. The molecule has 3 aliphatic rings. The van der Waals surface area contributed by atoms with Gasteiger partial charge in [0.25, 0.3) is 0 Å². The van der Waals surface area contributed by atoms with Gasteiger partial charge >= 0.3 is 0 Å². The van der Waals surface area contributed by atoms with E-state index in [-0.39, 0.29) is 30.8 Å². The van der Waals surface area contributed by atoms with Gasteiger partial charge in [0.1, 0.15) is 17.8 Å². The quantitative estimate of drug-likeness (QED) is 0.611. The highest BCUT2D eigenvalue weighted by molar-refractivity contribution is 5.90. The first-order valence-electron chi connectivity index (χ1n) is 13.0. The van der Waals surface area contributed by atoms with Gasteiger partial charge in [0.15, 0.2) is 0 Å². The van der Waals surface area contributed by atoms with Crippen LogP contribution in [0.25, 0.3) is 0 Å². The van der Waals surface area contributed by atoms with Crippen molar-refractivity contribution in [3.05, 3.63) is 41.7 Å². The molecular weight excluding hydrogens is 458 g/mol. The number of nitrogens with one attached hydrogen (secondary N) is 1. The van der Waals surface area contributed by atoms with E-state index in [0.29, 0.717) is 11.8 Å². The Morgan fingerprint density at radius 2 is 1.81 bits per heavy atom. The summed E-state index contributed by atoms with van der Waals surface area (Å²) in [6.45, 7) is 6.11. The summed E-state index contributed by atoms with van der Waals surface area (Å²) in [5.74, 6) is 1.27. The van der Waals surface area contributed by atoms with E-state index in [4.69, 9.17) is 4.74 Å². The first kappa shape index (κ1) is 24.7. The minimum Gasteiger partial charge on any atom is -0.497 e. The van der Waals surface area contributed by atoms with E-state index in [1.165, 1.54) is 5.56 Å². The highest BCUT2D eigenvalue weighted by Gasteiger charge is 2.46. The highest BCUT2D eigenvalue weighted by Crippen LogP contribution is 2.41. The van der Waals surface area contributed by atoms with Crippen LogP contribution >= 0.6 is 0 Å². The molecule has 9 heteroatoms. The van der Waals surface area contributed by atoms with Crippen molar-refractivity contribution in [2.45, 2.75) is 88.9 Å². The van der Waals surface area contributed by atoms with Crippen molar-refractivity contribution in [1.29, 1.82) is 0 Å². The van der Waals surface area contributed by atoms with E-state index in [0.717, 1.165) is 37.1 Å². The van der Waals surface area contributed by atoms with E-state index >= 15 is 0 Å². The number of carbonyl (C=O) groups excluding carboxylic acids is 2. The Hall–Kier alpha value is -2.94. The Morgan fingerprint density at radius 1 is 1.11 bits per heavy atom. The molecule has 2 heterocycles. The van der Waals surface area contributed by atoms with Gasteiger partial charge in [0, 0.05) is 31.1 Å². The van der Waals surface area contributed by atoms with Crippen molar-refractivity contribution >= 4 is 11.8 Å². The van der Waals surface area contributed by atoms with E-state index in [1.54, 1.807) is 16.7 Å². The van der Waals surface area contributed by atoms with Crippen LogP contribution in [0.1, 0.15) is 82.0 Å². The summed E-state index contributed by atoms with van der Waals surface area (Å²) in [6.07, 6.45) is 5.32. The summed E-state index contributed by atoms with van der Waals surface area (Å²) in [4.78, 5) is 28.7. The molecule has 1 aliphatic heterocycles. The summed E-state index contributed by atoms with van der Waals surface area (Å²) in [5, 5.41) is 22.1. The molecule has 1 aromatic carbocycles. The zero-order valence-corrected chi connectivity index (χ0v) is 21.6. The SMILES string of the molecule is COc1ccc([C@H]2C[C@@H](NC(=O)[C@@H]3C[C@@H](O)CN3C(=O)[C@@H](n3cc(C4CC4)nn3)C(C)(C)C)C2)cc1. The molecule has 2 amide bonds. The highest BCUT2D eigenvalue weighted by atomic mass is 16.5. The summed E-state index contributed by atoms with van der Waals surface area (Å²) >= 11 is 0. The molecule has 0 bridgehead atoms. The van der Waals surface area contributed by atoms with Gasteiger partial charge in [0.05, 0.1) is 18.9 Å². The Labute approximate surface area is 212 Å². The number of ether oxygens (including phenoxy) is 1.